The van der Waals surface area contributed by atoms with Crippen molar-refractivity contribution >= 4 is 40.6 Å². The van der Waals surface area contributed by atoms with Crippen molar-refractivity contribution in [3.8, 4) is 11.1 Å². The Bertz CT molecular complexity index is 1330. The first-order valence-corrected chi connectivity index (χ1v) is 13.6. The molecule has 3 aromatic heterocycles. The van der Waals surface area contributed by atoms with E-state index in [2.05, 4.69) is 38.5 Å². The normalized spacial score (nSPS) is 14.4. The first-order valence-electron chi connectivity index (χ1n) is 12.9. The minimum Gasteiger partial charge on any atom is -0.369 e. The van der Waals surface area contributed by atoms with Crippen molar-refractivity contribution in [2.24, 2.45) is 0 Å². The van der Waals surface area contributed by atoms with Crippen molar-refractivity contribution in [1.29, 1.82) is 0 Å². The fraction of sp³-hybridized carbons (Fsp3) is 0.407. The molecule has 1 saturated heterocycles. The number of hydrogen-bond donors (Lipinski definition) is 2. The largest absolute Gasteiger partial charge is 0.369 e. The highest BCUT2D eigenvalue weighted by molar-refractivity contribution is 6.39. The number of hydrogen-bond acceptors (Lipinski definition) is 7. The van der Waals surface area contributed by atoms with Crippen LogP contribution in [0.2, 0.25) is 10.0 Å². The highest BCUT2D eigenvalue weighted by Gasteiger charge is 2.22. The molecule has 0 amide bonds. The molecule has 0 saturated carbocycles. The quantitative estimate of drug-likeness (QED) is 0.275. The Morgan fingerprint density at radius 1 is 1.00 bits per heavy atom. The first kappa shape index (κ1) is 25.7. The van der Waals surface area contributed by atoms with Crippen molar-refractivity contribution in [1.82, 2.24) is 29.9 Å². The van der Waals surface area contributed by atoms with Crippen molar-refractivity contribution < 1.29 is 0 Å². The Morgan fingerprint density at radius 2 is 1.73 bits per heavy atom. The third-order valence-electron chi connectivity index (χ3n) is 6.73. The number of fused-ring (bicyclic) bond motifs is 1. The van der Waals surface area contributed by atoms with E-state index in [1.807, 2.05) is 35.7 Å². The lowest BCUT2D eigenvalue weighted by Crippen LogP contribution is -2.44. The molecule has 37 heavy (non-hydrogen) atoms. The van der Waals surface area contributed by atoms with Crippen LogP contribution in [0.3, 0.4) is 0 Å². The third kappa shape index (κ3) is 5.66. The number of rotatable bonds is 9. The Kier molecular flexibility index (Phi) is 8.08. The van der Waals surface area contributed by atoms with Gasteiger partial charge in [-0.2, -0.15) is 9.61 Å². The standard InChI is InChI=1S/C27H32Cl2N8/c1-3-6-20-17-23(31-14-13-30-19-9-15-36(16-10-19)27-32-11-5-12-33-27)37-26(34-20)24(18(2)35-37)25-21(28)7-4-8-22(25)29/h4-5,7-8,11-12,17,19,30-31H,3,6,9-10,13-16H2,1-2H3. The van der Waals surface area contributed by atoms with Gasteiger partial charge in [0.05, 0.1) is 21.3 Å². The molecule has 2 N–H and O–H groups in total. The minimum absolute atomic E-state index is 0.482. The van der Waals surface area contributed by atoms with E-state index in [4.69, 9.17) is 33.3 Å². The maximum absolute atomic E-state index is 6.57. The smallest absolute Gasteiger partial charge is 0.225 e. The summed E-state index contributed by atoms with van der Waals surface area (Å²) in [5, 5.41) is 13.3. The molecule has 0 bridgehead atoms. The average Bonchev–Trinajstić information content (AvgIpc) is 3.23. The number of aromatic nitrogens is 5. The molecular weight excluding hydrogens is 507 g/mol. The van der Waals surface area contributed by atoms with Crippen LogP contribution in [0, 0.1) is 6.92 Å². The molecule has 0 atom stereocenters. The second kappa shape index (κ2) is 11.6. The maximum atomic E-state index is 6.57. The van der Waals surface area contributed by atoms with Crippen LogP contribution in [-0.4, -0.2) is 56.8 Å². The third-order valence-corrected chi connectivity index (χ3v) is 7.36. The Hall–Kier alpha value is -2.94. The highest BCUT2D eigenvalue weighted by atomic mass is 35.5. The molecule has 10 heteroatoms. The number of piperidine rings is 1. The first-order chi connectivity index (χ1) is 18.0. The summed E-state index contributed by atoms with van der Waals surface area (Å²) in [6, 6.07) is 9.98. The summed E-state index contributed by atoms with van der Waals surface area (Å²) in [6.45, 7) is 7.67. The van der Waals surface area contributed by atoms with Gasteiger partial charge in [0.2, 0.25) is 5.95 Å². The highest BCUT2D eigenvalue weighted by Crippen LogP contribution is 2.39. The predicted molar refractivity (Wildman–Crippen MR) is 151 cm³/mol. The van der Waals surface area contributed by atoms with Gasteiger partial charge in [0.15, 0.2) is 5.65 Å². The molecule has 1 aliphatic rings. The zero-order chi connectivity index (χ0) is 25.8. The summed E-state index contributed by atoms with van der Waals surface area (Å²) >= 11 is 13.1. The van der Waals surface area contributed by atoms with Gasteiger partial charge >= 0.3 is 0 Å². The van der Waals surface area contributed by atoms with Gasteiger partial charge in [-0.3, -0.25) is 0 Å². The molecule has 194 valence electrons. The van der Waals surface area contributed by atoms with Gasteiger partial charge in [-0.15, -0.1) is 0 Å². The van der Waals surface area contributed by atoms with Crippen molar-refractivity contribution in [3.63, 3.8) is 0 Å². The Balaban J connectivity index is 1.28. The average molecular weight is 540 g/mol. The summed E-state index contributed by atoms with van der Waals surface area (Å²) in [5.41, 5.74) is 4.28. The molecular formula is C27H32Cl2N8. The Labute approximate surface area is 227 Å². The van der Waals surface area contributed by atoms with Gasteiger partial charge in [-0.1, -0.05) is 42.6 Å². The van der Waals surface area contributed by atoms with Crippen LogP contribution < -0.4 is 15.5 Å². The zero-order valence-electron chi connectivity index (χ0n) is 21.2. The second-order valence-corrected chi connectivity index (χ2v) is 10.2. The van der Waals surface area contributed by atoms with Gasteiger partial charge in [-0.25, -0.2) is 15.0 Å². The van der Waals surface area contributed by atoms with E-state index in [1.165, 1.54) is 0 Å². The van der Waals surface area contributed by atoms with E-state index in [0.29, 0.717) is 16.1 Å². The number of anilines is 2. The van der Waals surface area contributed by atoms with E-state index in [0.717, 1.165) is 91.8 Å². The van der Waals surface area contributed by atoms with Gasteiger partial charge in [0.25, 0.3) is 0 Å². The van der Waals surface area contributed by atoms with E-state index < -0.39 is 0 Å². The van der Waals surface area contributed by atoms with Gasteiger partial charge in [0.1, 0.15) is 5.82 Å². The second-order valence-electron chi connectivity index (χ2n) is 9.37. The molecule has 0 aliphatic carbocycles. The lowest BCUT2D eigenvalue weighted by molar-refractivity contribution is 0.418. The fourth-order valence-electron chi connectivity index (χ4n) is 4.92. The molecule has 0 radical (unpaired) electrons. The van der Waals surface area contributed by atoms with Crippen LogP contribution >= 0.6 is 23.2 Å². The summed E-state index contributed by atoms with van der Waals surface area (Å²) in [6.07, 6.45) is 7.62. The monoisotopic (exact) mass is 538 g/mol. The van der Waals surface area contributed by atoms with Crippen LogP contribution in [0.15, 0.2) is 42.7 Å². The molecule has 4 heterocycles. The number of nitrogens with zero attached hydrogens (tertiary/aromatic N) is 6. The van der Waals surface area contributed by atoms with E-state index in [-0.39, 0.29) is 0 Å². The van der Waals surface area contributed by atoms with Gasteiger partial charge in [-0.05, 0) is 44.4 Å². The molecule has 5 rings (SSSR count). The summed E-state index contributed by atoms with van der Waals surface area (Å²) in [4.78, 5) is 16.0. The fourth-order valence-corrected chi connectivity index (χ4v) is 5.50. The molecule has 1 aromatic carbocycles. The maximum Gasteiger partial charge on any atom is 0.225 e. The van der Waals surface area contributed by atoms with E-state index in [1.54, 1.807) is 12.4 Å². The molecule has 4 aromatic rings. The minimum atomic E-state index is 0.482. The summed E-state index contributed by atoms with van der Waals surface area (Å²) in [7, 11) is 0. The van der Waals surface area contributed by atoms with Gasteiger partial charge < -0.3 is 15.5 Å². The summed E-state index contributed by atoms with van der Waals surface area (Å²) < 4.78 is 1.88. The molecule has 1 aliphatic heterocycles. The Morgan fingerprint density at radius 3 is 2.43 bits per heavy atom. The van der Waals surface area contributed by atoms with Crippen molar-refractivity contribution in [2.45, 2.75) is 45.6 Å². The number of nitrogens with one attached hydrogen (secondary N) is 2. The number of halogens is 2. The van der Waals surface area contributed by atoms with Crippen LogP contribution in [0.4, 0.5) is 11.8 Å². The van der Waals surface area contributed by atoms with Gasteiger partial charge in [0, 0.05) is 61.9 Å². The molecule has 0 spiro atoms. The SMILES string of the molecule is CCCc1cc(NCCNC2CCN(c3ncccn3)CC2)n2nc(C)c(-c3c(Cl)cccc3Cl)c2n1. The number of benzene rings is 1. The summed E-state index contributed by atoms with van der Waals surface area (Å²) in [5.74, 6) is 1.74. The lowest BCUT2D eigenvalue weighted by Gasteiger charge is -2.32. The van der Waals surface area contributed by atoms with E-state index in [9.17, 15) is 0 Å². The van der Waals surface area contributed by atoms with Crippen LogP contribution in [0.25, 0.3) is 16.8 Å². The van der Waals surface area contributed by atoms with Crippen LogP contribution in [-0.2, 0) is 6.42 Å². The molecule has 8 nitrogen and oxygen atoms in total. The molecule has 0 unspecified atom stereocenters. The topological polar surface area (TPSA) is 83.3 Å². The van der Waals surface area contributed by atoms with Crippen molar-refractivity contribution in [3.05, 3.63) is 64.2 Å². The lowest BCUT2D eigenvalue weighted by atomic mass is 10.1. The van der Waals surface area contributed by atoms with E-state index >= 15 is 0 Å². The zero-order valence-corrected chi connectivity index (χ0v) is 22.7. The van der Waals surface area contributed by atoms with Crippen LogP contribution in [0.5, 0.6) is 0 Å². The molecule has 1 fully saturated rings. The van der Waals surface area contributed by atoms with Crippen LogP contribution in [0.1, 0.15) is 37.6 Å². The predicted octanol–water partition coefficient (Wildman–Crippen LogP) is 5.42. The number of aryl methyl sites for hydroxylation is 2. The van der Waals surface area contributed by atoms with Crippen molar-refractivity contribution in [2.75, 3.05) is 36.4 Å².